The van der Waals surface area contributed by atoms with Crippen molar-refractivity contribution in [2.24, 2.45) is 0 Å². The summed E-state index contributed by atoms with van der Waals surface area (Å²) in [5, 5.41) is 13.7. The van der Waals surface area contributed by atoms with Crippen molar-refractivity contribution < 1.29 is 4.79 Å². The molecule has 0 radical (unpaired) electrons. The Balaban J connectivity index is 1.82. The van der Waals surface area contributed by atoms with Gasteiger partial charge in [-0.1, -0.05) is 13.8 Å². The van der Waals surface area contributed by atoms with Gasteiger partial charge in [-0.25, -0.2) is 4.98 Å². The molecule has 5 nitrogen and oxygen atoms in total. The molecule has 0 atom stereocenters. The Morgan fingerprint density at radius 1 is 1.50 bits per heavy atom. The predicted octanol–water partition coefficient (Wildman–Crippen LogP) is 3.61. The Hall–Kier alpha value is -0.800. The molecular formula is C16H21BrN4OS2. The highest BCUT2D eigenvalue weighted by Crippen LogP contribution is 2.43. The van der Waals surface area contributed by atoms with Crippen molar-refractivity contribution >= 4 is 49.5 Å². The number of halogens is 1. The molecule has 2 aromatic rings. The molecule has 0 aliphatic carbocycles. The number of hydrogen-bond donors (Lipinski definition) is 3. The lowest BCUT2D eigenvalue weighted by molar-refractivity contribution is -0.116. The summed E-state index contributed by atoms with van der Waals surface area (Å²) >= 11 is 6.71. The second-order valence-electron chi connectivity index (χ2n) is 6.02. The summed E-state index contributed by atoms with van der Waals surface area (Å²) < 4.78 is 0.842. The molecule has 0 unspecified atom stereocenters. The number of aromatic nitrogens is 1. The van der Waals surface area contributed by atoms with Crippen molar-refractivity contribution in [2.75, 3.05) is 18.4 Å². The van der Waals surface area contributed by atoms with Crippen molar-refractivity contribution in [3.63, 3.8) is 0 Å². The number of carbonyl (C=O) groups excluding carboxylic acids is 1. The van der Waals surface area contributed by atoms with E-state index in [4.69, 9.17) is 0 Å². The Labute approximate surface area is 158 Å². The molecule has 2 aromatic heterocycles. The van der Waals surface area contributed by atoms with E-state index in [1.165, 1.54) is 10.4 Å². The molecule has 8 heteroatoms. The molecule has 0 bridgehead atoms. The average molecular weight is 429 g/mol. The minimum Gasteiger partial charge on any atom is -0.317 e. The SMILES string of the molecule is CC(C)NCCC(=O)Nc1sc2c(c1-c1nc(Br)cs1)CCNC2. The van der Waals surface area contributed by atoms with E-state index in [1.54, 1.807) is 22.7 Å². The maximum Gasteiger partial charge on any atom is 0.226 e. The molecule has 0 spiro atoms. The number of anilines is 1. The van der Waals surface area contributed by atoms with Crippen LogP contribution >= 0.6 is 38.6 Å². The quantitative estimate of drug-likeness (QED) is 0.657. The molecular weight excluding hydrogens is 408 g/mol. The minimum absolute atomic E-state index is 0.0478. The van der Waals surface area contributed by atoms with Crippen molar-refractivity contribution in [1.29, 1.82) is 0 Å². The fourth-order valence-electron chi connectivity index (χ4n) is 2.68. The molecule has 3 rings (SSSR count). The summed E-state index contributed by atoms with van der Waals surface area (Å²) in [5.41, 5.74) is 2.44. The number of thiazole rings is 1. The van der Waals surface area contributed by atoms with E-state index >= 15 is 0 Å². The van der Waals surface area contributed by atoms with E-state index in [9.17, 15) is 4.79 Å². The highest BCUT2D eigenvalue weighted by molar-refractivity contribution is 9.10. The van der Waals surface area contributed by atoms with Crippen LogP contribution in [0.3, 0.4) is 0 Å². The van der Waals surface area contributed by atoms with Crippen molar-refractivity contribution in [3.8, 4) is 10.6 Å². The zero-order valence-corrected chi connectivity index (χ0v) is 17.0. The highest BCUT2D eigenvalue weighted by Gasteiger charge is 2.24. The molecule has 3 heterocycles. The van der Waals surface area contributed by atoms with Crippen LogP contribution in [0.15, 0.2) is 9.98 Å². The van der Waals surface area contributed by atoms with E-state index in [1.807, 2.05) is 5.38 Å². The molecule has 3 N–H and O–H groups in total. The largest absolute Gasteiger partial charge is 0.317 e. The van der Waals surface area contributed by atoms with Crippen LogP contribution < -0.4 is 16.0 Å². The Kier molecular flexibility index (Phi) is 6.04. The average Bonchev–Trinajstić information content (AvgIpc) is 3.09. The summed E-state index contributed by atoms with van der Waals surface area (Å²) in [6.45, 7) is 6.68. The van der Waals surface area contributed by atoms with Crippen molar-refractivity contribution in [2.45, 2.75) is 39.3 Å². The molecule has 1 amide bonds. The third kappa shape index (κ3) is 4.23. The van der Waals surface area contributed by atoms with Gasteiger partial charge in [-0.15, -0.1) is 22.7 Å². The van der Waals surface area contributed by atoms with Gasteiger partial charge in [0, 0.05) is 41.4 Å². The van der Waals surface area contributed by atoms with E-state index in [0.29, 0.717) is 19.0 Å². The molecule has 24 heavy (non-hydrogen) atoms. The van der Waals surface area contributed by atoms with Crippen LogP contribution in [0.5, 0.6) is 0 Å². The van der Waals surface area contributed by atoms with Crippen LogP contribution in [0, 0.1) is 0 Å². The maximum absolute atomic E-state index is 12.3. The molecule has 0 saturated heterocycles. The first-order valence-electron chi connectivity index (χ1n) is 8.04. The van der Waals surface area contributed by atoms with Gasteiger partial charge in [-0.3, -0.25) is 4.79 Å². The second-order valence-corrected chi connectivity index (χ2v) is 8.79. The summed E-state index contributed by atoms with van der Waals surface area (Å²) in [5.74, 6) is 0.0478. The summed E-state index contributed by atoms with van der Waals surface area (Å²) in [6.07, 6.45) is 1.45. The number of rotatable bonds is 6. The van der Waals surface area contributed by atoms with Crippen LogP contribution in [0.25, 0.3) is 10.6 Å². The number of thiophene rings is 1. The minimum atomic E-state index is 0.0478. The fourth-order valence-corrected chi connectivity index (χ4v) is 5.31. The third-order valence-corrected chi connectivity index (χ3v) is 6.49. The van der Waals surface area contributed by atoms with Gasteiger partial charge in [0.1, 0.15) is 14.6 Å². The Morgan fingerprint density at radius 3 is 3.04 bits per heavy atom. The molecule has 1 aliphatic rings. The smallest absolute Gasteiger partial charge is 0.226 e. The first kappa shape index (κ1) is 18.0. The molecule has 0 saturated carbocycles. The van der Waals surface area contributed by atoms with Crippen LogP contribution in [0.1, 0.15) is 30.7 Å². The number of nitrogens with one attached hydrogen (secondary N) is 3. The lowest BCUT2D eigenvalue weighted by atomic mass is 10.0. The number of carbonyl (C=O) groups is 1. The van der Waals surface area contributed by atoms with Crippen LogP contribution in [-0.4, -0.2) is 30.0 Å². The fraction of sp³-hybridized carbons (Fsp3) is 0.500. The van der Waals surface area contributed by atoms with Gasteiger partial charge >= 0.3 is 0 Å². The van der Waals surface area contributed by atoms with Gasteiger partial charge in [-0.2, -0.15) is 0 Å². The zero-order valence-electron chi connectivity index (χ0n) is 13.7. The van der Waals surface area contributed by atoms with Crippen molar-refractivity contribution in [1.82, 2.24) is 15.6 Å². The van der Waals surface area contributed by atoms with Crippen LogP contribution in [-0.2, 0) is 17.8 Å². The molecule has 1 aliphatic heterocycles. The van der Waals surface area contributed by atoms with Gasteiger partial charge in [0.15, 0.2) is 0 Å². The first-order chi connectivity index (χ1) is 11.5. The lowest BCUT2D eigenvalue weighted by Crippen LogP contribution is -2.27. The van der Waals surface area contributed by atoms with Gasteiger partial charge in [0.25, 0.3) is 0 Å². The summed E-state index contributed by atoms with van der Waals surface area (Å²) in [4.78, 5) is 18.2. The van der Waals surface area contributed by atoms with Gasteiger partial charge in [0.05, 0.1) is 0 Å². The predicted molar refractivity (Wildman–Crippen MR) is 105 cm³/mol. The molecule has 0 fully saturated rings. The normalized spacial score (nSPS) is 14.0. The van der Waals surface area contributed by atoms with Gasteiger partial charge in [0.2, 0.25) is 5.91 Å². The lowest BCUT2D eigenvalue weighted by Gasteiger charge is -2.13. The van der Waals surface area contributed by atoms with Gasteiger partial charge in [-0.05, 0) is 34.5 Å². The Morgan fingerprint density at radius 2 is 2.33 bits per heavy atom. The number of hydrogen-bond acceptors (Lipinski definition) is 6. The summed E-state index contributed by atoms with van der Waals surface area (Å²) in [7, 11) is 0. The molecule has 130 valence electrons. The second kappa shape index (κ2) is 8.05. The third-order valence-electron chi connectivity index (χ3n) is 3.78. The summed E-state index contributed by atoms with van der Waals surface area (Å²) in [6, 6.07) is 0.390. The zero-order chi connectivity index (χ0) is 17.1. The van der Waals surface area contributed by atoms with E-state index in [0.717, 1.165) is 39.7 Å². The standard InChI is InChI=1S/C16H21BrN4OS2/c1-9(2)19-6-4-13(22)21-16-14(15-20-12(17)8-23-15)10-3-5-18-7-11(10)24-16/h8-9,18-19H,3-7H2,1-2H3,(H,21,22). The van der Waals surface area contributed by atoms with Crippen LogP contribution in [0.2, 0.25) is 0 Å². The monoisotopic (exact) mass is 428 g/mol. The van der Waals surface area contributed by atoms with E-state index in [-0.39, 0.29) is 5.91 Å². The van der Waals surface area contributed by atoms with Crippen molar-refractivity contribution in [3.05, 3.63) is 20.4 Å². The highest BCUT2D eigenvalue weighted by atomic mass is 79.9. The molecule has 0 aromatic carbocycles. The first-order valence-corrected chi connectivity index (χ1v) is 10.5. The Bertz CT molecular complexity index is 726. The maximum atomic E-state index is 12.3. The number of fused-ring (bicyclic) bond motifs is 1. The number of nitrogens with zero attached hydrogens (tertiary/aromatic N) is 1. The topological polar surface area (TPSA) is 66.0 Å². The van der Waals surface area contributed by atoms with E-state index < -0.39 is 0 Å². The van der Waals surface area contributed by atoms with E-state index in [2.05, 4.69) is 50.7 Å². The van der Waals surface area contributed by atoms with Gasteiger partial charge < -0.3 is 16.0 Å². The van der Waals surface area contributed by atoms with Crippen LogP contribution in [0.4, 0.5) is 5.00 Å². The number of amides is 1.